The molecule has 2 atom stereocenters. The zero-order valence-corrected chi connectivity index (χ0v) is 16.8. The number of carbonyl (C=O) groups excluding carboxylic acids is 1. The molecule has 25 heavy (non-hydrogen) atoms. The quantitative estimate of drug-likeness (QED) is 0.793. The van der Waals surface area contributed by atoms with Gasteiger partial charge in [0.25, 0.3) is 0 Å². The number of aromatic nitrogens is 3. The number of pyridine rings is 1. The van der Waals surface area contributed by atoms with E-state index in [0.29, 0.717) is 6.04 Å². The van der Waals surface area contributed by atoms with Crippen molar-refractivity contribution >= 4 is 33.1 Å². The number of halogens is 1. The molecule has 6 nitrogen and oxygen atoms in total. The van der Waals surface area contributed by atoms with Crippen LogP contribution in [0.3, 0.4) is 0 Å². The van der Waals surface area contributed by atoms with E-state index in [1.807, 2.05) is 40.2 Å². The fourth-order valence-corrected chi connectivity index (χ4v) is 3.93. The Bertz CT molecular complexity index is 781. The van der Waals surface area contributed by atoms with Crippen LogP contribution in [0.4, 0.5) is 4.79 Å². The number of rotatable bonds is 2. The number of fused-ring (bicyclic) bond motifs is 1. The summed E-state index contributed by atoms with van der Waals surface area (Å²) in [5.74, 6) is 0. The van der Waals surface area contributed by atoms with Crippen LogP contribution in [0.25, 0.3) is 11.0 Å². The third-order valence-corrected chi connectivity index (χ3v) is 5.08. The summed E-state index contributed by atoms with van der Waals surface area (Å²) < 4.78 is 8.56. The average molecular weight is 409 g/mol. The third kappa shape index (κ3) is 4.14. The molecule has 1 aliphatic rings. The highest BCUT2D eigenvalue weighted by Crippen LogP contribution is 2.34. The summed E-state index contributed by atoms with van der Waals surface area (Å²) in [6, 6.07) is 0.421. The number of nitrogens with one attached hydrogen (secondary N) is 1. The Morgan fingerprint density at radius 2 is 2.12 bits per heavy atom. The van der Waals surface area contributed by atoms with Gasteiger partial charge < -0.3 is 14.6 Å². The summed E-state index contributed by atoms with van der Waals surface area (Å²) in [7, 11) is 0. The SMILES string of the molecule is Cc1ncc(Br)c2c1ncn2[C@H]1CCC[C@@H](NC(=O)OC(C)(C)C)C1. The molecular weight excluding hydrogens is 384 g/mol. The summed E-state index contributed by atoms with van der Waals surface area (Å²) in [6.45, 7) is 7.60. The minimum absolute atomic E-state index is 0.118. The number of ether oxygens (including phenoxy) is 1. The molecule has 1 aliphatic carbocycles. The van der Waals surface area contributed by atoms with Crippen molar-refractivity contribution in [3.05, 3.63) is 22.7 Å². The Morgan fingerprint density at radius 3 is 2.84 bits per heavy atom. The van der Waals surface area contributed by atoms with E-state index in [4.69, 9.17) is 4.74 Å². The van der Waals surface area contributed by atoms with E-state index in [0.717, 1.165) is 46.9 Å². The number of aryl methyl sites for hydroxylation is 1. The van der Waals surface area contributed by atoms with Gasteiger partial charge >= 0.3 is 6.09 Å². The van der Waals surface area contributed by atoms with Crippen LogP contribution >= 0.6 is 15.9 Å². The highest BCUT2D eigenvalue weighted by molar-refractivity contribution is 9.10. The molecule has 0 unspecified atom stereocenters. The van der Waals surface area contributed by atoms with Crippen molar-refractivity contribution < 1.29 is 9.53 Å². The van der Waals surface area contributed by atoms with Crippen molar-refractivity contribution in [1.29, 1.82) is 0 Å². The molecule has 1 fully saturated rings. The van der Waals surface area contributed by atoms with Crippen LogP contribution in [0.2, 0.25) is 0 Å². The van der Waals surface area contributed by atoms with Crippen molar-refractivity contribution in [1.82, 2.24) is 19.9 Å². The summed E-state index contributed by atoms with van der Waals surface area (Å²) in [5.41, 5.74) is 2.46. The normalized spacial score (nSPS) is 21.3. The Balaban J connectivity index is 1.76. The Kier molecular flexibility index (Phi) is 5.04. The van der Waals surface area contributed by atoms with Crippen LogP contribution in [-0.2, 0) is 4.74 Å². The molecule has 0 aliphatic heterocycles. The number of carbonyl (C=O) groups is 1. The topological polar surface area (TPSA) is 69.0 Å². The molecule has 0 saturated heterocycles. The fourth-order valence-electron chi connectivity index (χ4n) is 3.44. The van der Waals surface area contributed by atoms with Crippen LogP contribution in [0.5, 0.6) is 0 Å². The van der Waals surface area contributed by atoms with Gasteiger partial charge in [0.05, 0.1) is 22.0 Å². The first-order valence-electron chi connectivity index (χ1n) is 8.72. The number of hydrogen-bond donors (Lipinski definition) is 1. The predicted octanol–water partition coefficient (Wildman–Crippen LogP) is 4.51. The van der Waals surface area contributed by atoms with Crippen molar-refractivity contribution in [3.8, 4) is 0 Å². The van der Waals surface area contributed by atoms with Gasteiger partial charge in [-0.2, -0.15) is 0 Å². The molecule has 1 saturated carbocycles. The van der Waals surface area contributed by atoms with Crippen LogP contribution in [0.1, 0.15) is 58.2 Å². The second-order valence-corrected chi connectivity index (χ2v) is 8.56. The summed E-state index contributed by atoms with van der Waals surface area (Å²) in [4.78, 5) is 21.0. The first kappa shape index (κ1) is 18.2. The number of hydrogen-bond acceptors (Lipinski definition) is 4. The van der Waals surface area contributed by atoms with Gasteiger partial charge in [-0.05, 0) is 69.3 Å². The largest absolute Gasteiger partial charge is 0.444 e. The van der Waals surface area contributed by atoms with Crippen LogP contribution in [0.15, 0.2) is 17.0 Å². The Labute approximate surface area is 156 Å². The van der Waals surface area contributed by atoms with Crippen LogP contribution < -0.4 is 5.32 Å². The van der Waals surface area contributed by atoms with E-state index >= 15 is 0 Å². The molecule has 2 heterocycles. The smallest absolute Gasteiger partial charge is 0.407 e. The summed E-state index contributed by atoms with van der Waals surface area (Å²) in [5, 5.41) is 3.02. The first-order chi connectivity index (χ1) is 11.7. The number of imidazole rings is 1. The Hall–Kier alpha value is -1.63. The molecular formula is C18H25BrN4O2. The lowest BCUT2D eigenvalue weighted by Gasteiger charge is -2.31. The predicted molar refractivity (Wildman–Crippen MR) is 101 cm³/mol. The van der Waals surface area contributed by atoms with Crippen LogP contribution in [0, 0.1) is 6.92 Å². The van der Waals surface area contributed by atoms with E-state index in [-0.39, 0.29) is 12.1 Å². The fraction of sp³-hybridized carbons (Fsp3) is 0.611. The first-order valence-corrected chi connectivity index (χ1v) is 9.51. The third-order valence-electron chi connectivity index (χ3n) is 4.49. The van der Waals surface area contributed by atoms with Gasteiger partial charge in [-0.15, -0.1) is 0 Å². The number of nitrogens with zero attached hydrogens (tertiary/aromatic N) is 3. The molecule has 0 radical (unpaired) electrons. The van der Waals surface area contributed by atoms with Gasteiger partial charge in [0.2, 0.25) is 0 Å². The van der Waals surface area contributed by atoms with Gasteiger partial charge in [0.1, 0.15) is 11.1 Å². The molecule has 3 rings (SSSR count). The minimum Gasteiger partial charge on any atom is -0.444 e. The lowest BCUT2D eigenvalue weighted by molar-refractivity contribution is 0.0486. The molecule has 1 N–H and O–H groups in total. The van der Waals surface area contributed by atoms with Crippen molar-refractivity contribution in [3.63, 3.8) is 0 Å². The standard InChI is InChI=1S/C18H25BrN4O2/c1-11-15-16(14(19)9-20-11)23(10-21-15)13-7-5-6-12(8-13)22-17(24)25-18(2,3)4/h9-10,12-13H,5-8H2,1-4H3,(H,22,24)/t12-,13+/m1/s1. The lowest BCUT2D eigenvalue weighted by Crippen LogP contribution is -2.41. The van der Waals surface area contributed by atoms with E-state index in [9.17, 15) is 4.79 Å². The van der Waals surface area contributed by atoms with Gasteiger partial charge in [-0.1, -0.05) is 0 Å². The highest BCUT2D eigenvalue weighted by Gasteiger charge is 2.27. The molecule has 0 bridgehead atoms. The monoisotopic (exact) mass is 408 g/mol. The summed E-state index contributed by atoms with van der Waals surface area (Å²) in [6.07, 6.45) is 7.37. The average Bonchev–Trinajstić information content (AvgIpc) is 2.95. The lowest BCUT2D eigenvalue weighted by atomic mass is 9.91. The summed E-state index contributed by atoms with van der Waals surface area (Å²) >= 11 is 3.60. The zero-order valence-electron chi connectivity index (χ0n) is 15.2. The van der Waals surface area contributed by atoms with E-state index in [1.165, 1.54) is 0 Å². The minimum atomic E-state index is -0.478. The van der Waals surface area contributed by atoms with Gasteiger partial charge in [0, 0.05) is 18.3 Å². The molecule has 136 valence electrons. The van der Waals surface area contributed by atoms with E-state index in [1.54, 1.807) is 0 Å². The van der Waals surface area contributed by atoms with Crippen molar-refractivity contribution in [2.45, 2.75) is 71.1 Å². The van der Waals surface area contributed by atoms with Crippen LogP contribution in [-0.4, -0.2) is 32.3 Å². The second-order valence-electron chi connectivity index (χ2n) is 7.70. The maximum absolute atomic E-state index is 12.1. The number of alkyl carbamates (subject to hydrolysis) is 1. The Morgan fingerprint density at radius 1 is 1.36 bits per heavy atom. The maximum atomic E-state index is 12.1. The molecule has 0 aromatic carbocycles. The van der Waals surface area contributed by atoms with Crippen molar-refractivity contribution in [2.24, 2.45) is 0 Å². The van der Waals surface area contributed by atoms with Crippen molar-refractivity contribution in [2.75, 3.05) is 0 Å². The molecule has 7 heteroatoms. The molecule has 0 spiro atoms. The maximum Gasteiger partial charge on any atom is 0.407 e. The number of amides is 1. The van der Waals surface area contributed by atoms with E-state index in [2.05, 4.69) is 35.8 Å². The molecule has 2 aromatic rings. The zero-order chi connectivity index (χ0) is 18.2. The van der Waals surface area contributed by atoms with E-state index < -0.39 is 5.60 Å². The van der Waals surface area contributed by atoms with Gasteiger partial charge in [0.15, 0.2) is 0 Å². The molecule has 2 aromatic heterocycles. The highest BCUT2D eigenvalue weighted by atomic mass is 79.9. The van der Waals surface area contributed by atoms with Gasteiger partial charge in [-0.3, -0.25) is 4.98 Å². The van der Waals surface area contributed by atoms with Gasteiger partial charge in [-0.25, -0.2) is 9.78 Å². The molecule has 1 amide bonds. The second kappa shape index (κ2) is 6.94.